The van der Waals surface area contributed by atoms with Gasteiger partial charge in [0.2, 0.25) is 0 Å². The van der Waals surface area contributed by atoms with Crippen LogP contribution in [0.1, 0.15) is 47.8 Å². The summed E-state index contributed by atoms with van der Waals surface area (Å²) in [6.07, 6.45) is 4.79. The number of esters is 1. The van der Waals surface area contributed by atoms with E-state index in [1.165, 1.54) is 37.7 Å². The van der Waals surface area contributed by atoms with Crippen molar-refractivity contribution in [1.82, 2.24) is 0 Å². The topological polar surface area (TPSA) is 88.1 Å². The number of carbonyl (C=O) groups is 1. The van der Waals surface area contributed by atoms with Gasteiger partial charge in [0.05, 0.1) is 12.8 Å². The summed E-state index contributed by atoms with van der Waals surface area (Å²) in [5.74, 6) is -0.494. The molecule has 0 saturated heterocycles. The monoisotopic (exact) mass is 293 g/mol. The molecule has 1 aromatic heterocycles. The average molecular weight is 293 g/mol. The normalized spacial score (nSPS) is 15.4. The molecular weight excluding hydrogens is 274 g/mol. The van der Waals surface area contributed by atoms with Crippen LogP contribution in [0.15, 0.2) is 0 Å². The summed E-state index contributed by atoms with van der Waals surface area (Å²) >= 11 is 1.20. The first-order valence-electron chi connectivity index (χ1n) is 6.71. The zero-order valence-corrected chi connectivity index (χ0v) is 12.6. The van der Waals surface area contributed by atoms with Crippen LogP contribution in [0.5, 0.6) is 0 Å². The summed E-state index contributed by atoms with van der Waals surface area (Å²) in [6.45, 7) is 3.01. The molecule has 6 heteroatoms. The number of anilines is 2. The Morgan fingerprint density at radius 2 is 2.30 bits per heavy atom. The smallest absolute Gasteiger partial charge is 0.350 e. The minimum Gasteiger partial charge on any atom is -0.465 e. The van der Waals surface area contributed by atoms with Gasteiger partial charge in [0.25, 0.3) is 0 Å². The van der Waals surface area contributed by atoms with Gasteiger partial charge in [-0.1, -0.05) is 13.3 Å². The maximum Gasteiger partial charge on any atom is 0.350 e. The molecule has 5 nitrogen and oxygen atoms in total. The molecule has 1 heterocycles. The van der Waals surface area contributed by atoms with Gasteiger partial charge in [0.15, 0.2) is 0 Å². The zero-order chi connectivity index (χ0) is 14.8. The average Bonchev–Trinajstić information content (AvgIpc) is 3.13. The van der Waals surface area contributed by atoms with Crippen LogP contribution in [0.2, 0.25) is 0 Å². The molecule has 1 aliphatic carbocycles. The number of nitrogen functional groups attached to an aromatic ring is 1. The highest BCUT2D eigenvalue weighted by molar-refractivity contribution is 7.18. The Bertz CT molecular complexity index is 556. The molecule has 108 valence electrons. The van der Waals surface area contributed by atoms with Gasteiger partial charge < -0.3 is 15.8 Å². The van der Waals surface area contributed by atoms with E-state index in [0.29, 0.717) is 20.9 Å². The highest BCUT2D eigenvalue weighted by Crippen LogP contribution is 2.50. The third kappa shape index (κ3) is 2.73. The molecular formula is C14H19N3O2S. The molecule has 2 rings (SSSR count). The van der Waals surface area contributed by atoms with Gasteiger partial charge in [-0.2, -0.15) is 5.26 Å². The lowest BCUT2D eigenvalue weighted by Gasteiger charge is -2.14. The van der Waals surface area contributed by atoms with E-state index in [0.717, 1.165) is 13.0 Å². The first-order valence-corrected chi connectivity index (χ1v) is 7.53. The zero-order valence-electron chi connectivity index (χ0n) is 11.8. The number of nitrogens with zero attached hydrogens (tertiary/aromatic N) is 1. The lowest BCUT2D eigenvalue weighted by Crippen LogP contribution is -2.15. The molecule has 0 spiro atoms. The third-order valence-electron chi connectivity index (χ3n) is 3.79. The van der Waals surface area contributed by atoms with Crippen molar-refractivity contribution in [2.45, 2.75) is 32.6 Å². The molecule has 0 aliphatic heterocycles. The summed E-state index contributed by atoms with van der Waals surface area (Å²) in [5, 5.41) is 13.2. The number of carbonyl (C=O) groups excluding carboxylic acids is 1. The highest BCUT2D eigenvalue weighted by atomic mass is 32.1. The van der Waals surface area contributed by atoms with Gasteiger partial charge in [-0.15, -0.1) is 11.3 Å². The Morgan fingerprint density at radius 3 is 2.80 bits per heavy atom. The Labute approximate surface area is 122 Å². The van der Waals surface area contributed by atoms with Crippen molar-refractivity contribution in [1.29, 1.82) is 5.26 Å². The third-order valence-corrected chi connectivity index (χ3v) is 4.93. The largest absolute Gasteiger partial charge is 0.465 e. The first-order chi connectivity index (χ1) is 9.56. The summed E-state index contributed by atoms with van der Waals surface area (Å²) in [5.41, 5.74) is 6.78. The van der Waals surface area contributed by atoms with Gasteiger partial charge in [-0.3, -0.25) is 0 Å². The number of hydrogen-bond acceptors (Lipinski definition) is 6. The second-order valence-electron chi connectivity index (χ2n) is 5.26. The van der Waals surface area contributed by atoms with Crippen molar-refractivity contribution in [3.63, 3.8) is 0 Å². The highest BCUT2D eigenvalue weighted by Gasteiger charge is 2.41. The summed E-state index contributed by atoms with van der Waals surface area (Å²) < 4.78 is 4.68. The quantitative estimate of drug-likeness (QED) is 0.787. The molecule has 0 bridgehead atoms. The molecule has 0 aromatic carbocycles. The number of thiophene rings is 1. The van der Waals surface area contributed by atoms with Gasteiger partial charge in [0, 0.05) is 6.54 Å². The van der Waals surface area contributed by atoms with Gasteiger partial charge in [-0.25, -0.2) is 4.79 Å². The Kier molecular flexibility index (Phi) is 4.19. The lowest BCUT2D eigenvalue weighted by atomic mass is 10.0. The van der Waals surface area contributed by atoms with Crippen LogP contribution in [0.4, 0.5) is 10.7 Å². The lowest BCUT2D eigenvalue weighted by molar-refractivity contribution is 0.0607. The molecule has 20 heavy (non-hydrogen) atoms. The number of nitrogens with one attached hydrogen (secondary N) is 1. The van der Waals surface area contributed by atoms with Crippen molar-refractivity contribution in [3.05, 3.63) is 10.4 Å². The van der Waals surface area contributed by atoms with E-state index in [1.54, 1.807) is 0 Å². The molecule has 1 aromatic rings. The fourth-order valence-corrected chi connectivity index (χ4v) is 3.40. The molecule has 0 amide bonds. The number of nitrogens with two attached hydrogens (primary N) is 1. The fourth-order valence-electron chi connectivity index (χ4n) is 2.41. The van der Waals surface area contributed by atoms with Crippen LogP contribution in [0.25, 0.3) is 0 Å². The fraction of sp³-hybridized carbons (Fsp3) is 0.571. The SMILES string of the molecule is CCCC1(CNc2sc(C(=O)OC)c(N)c2C#N)CC1. The molecule has 1 fully saturated rings. The van der Waals surface area contributed by atoms with Gasteiger partial charge >= 0.3 is 5.97 Å². The van der Waals surface area contributed by atoms with E-state index < -0.39 is 5.97 Å². The van der Waals surface area contributed by atoms with Crippen molar-refractivity contribution in [2.75, 3.05) is 24.7 Å². The molecule has 0 unspecified atom stereocenters. The number of methoxy groups -OCH3 is 1. The van der Waals surface area contributed by atoms with E-state index in [9.17, 15) is 10.1 Å². The van der Waals surface area contributed by atoms with Crippen LogP contribution in [-0.4, -0.2) is 19.6 Å². The minimum absolute atomic E-state index is 0.215. The van der Waals surface area contributed by atoms with Gasteiger partial charge in [0.1, 0.15) is 21.5 Å². The van der Waals surface area contributed by atoms with E-state index >= 15 is 0 Å². The molecule has 0 radical (unpaired) electrons. The molecule has 1 saturated carbocycles. The first kappa shape index (κ1) is 14.7. The van der Waals surface area contributed by atoms with E-state index in [4.69, 9.17) is 5.73 Å². The summed E-state index contributed by atoms with van der Waals surface area (Å²) in [6, 6.07) is 2.07. The second-order valence-corrected chi connectivity index (χ2v) is 6.28. The number of hydrogen-bond donors (Lipinski definition) is 2. The maximum absolute atomic E-state index is 11.6. The standard InChI is InChI=1S/C14H19N3O2S/c1-3-4-14(5-6-14)8-17-12-9(7-15)10(16)11(20-12)13(18)19-2/h17H,3-6,8,16H2,1-2H3. The van der Waals surface area contributed by atoms with Crippen molar-refractivity contribution in [2.24, 2.45) is 5.41 Å². The van der Waals surface area contributed by atoms with Crippen LogP contribution in [0.3, 0.4) is 0 Å². The van der Waals surface area contributed by atoms with Crippen LogP contribution in [-0.2, 0) is 4.74 Å². The van der Waals surface area contributed by atoms with Crippen molar-refractivity contribution < 1.29 is 9.53 Å². The molecule has 0 atom stereocenters. The van der Waals surface area contributed by atoms with Crippen LogP contribution < -0.4 is 11.1 Å². The van der Waals surface area contributed by atoms with Crippen molar-refractivity contribution in [3.8, 4) is 6.07 Å². The molecule has 1 aliphatic rings. The second kappa shape index (κ2) is 5.71. The summed E-state index contributed by atoms with van der Waals surface area (Å²) in [7, 11) is 1.31. The number of rotatable bonds is 6. The maximum atomic E-state index is 11.6. The predicted octanol–water partition coefficient (Wildman–Crippen LogP) is 2.98. The summed E-state index contributed by atoms with van der Waals surface area (Å²) in [4.78, 5) is 11.9. The van der Waals surface area contributed by atoms with Gasteiger partial charge in [-0.05, 0) is 24.7 Å². The number of nitriles is 1. The van der Waals surface area contributed by atoms with Crippen LogP contribution in [0, 0.1) is 16.7 Å². The van der Waals surface area contributed by atoms with E-state index in [1.807, 2.05) is 0 Å². The van der Waals surface area contributed by atoms with E-state index in [2.05, 4.69) is 23.0 Å². The Balaban J connectivity index is 2.16. The molecule has 3 N–H and O–H groups in total. The predicted molar refractivity (Wildman–Crippen MR) is 79.9 cm³/mol. The van der Waals surface area contributed by atoms with Crippen LogP contribution >= 0.6 is 11.3 Å². The van der Waals surface area contributed by atoms with Crippen molar-refractivity contribution >= 4 is 28.0 Å². The Hall–Kier alpha value is -1.74. The minimum atomic E-state index is -0.494. The van der Waals surface area contributed by atoms with E-state index in [-0.39, 0.29) is 5.69 Å². The number of ether oxygens (including phenoxy) is 1. The Morgan fingerprint density at radius 1 is 1.60 bits per heavy atom.